The Morgan fingerprint density at radius 1 is 1.14 bits per heavy atom. The third-order valence-corrected chi connectivity index (χ3v) is 3.22. The molecule has 112 valence electrons. The lowest BCUT2D eigenvalue weighted by molar-refractivity contribution is -0.136. The molecule has 1 N–H and O–H groups in total. The number of aromatic nitrogens is 2. The Morgan fingerprint density at radius 3 is 2.41 bits per heavy atom. The summed E-state index contributed by atoms with van der Waals surface area (Å²) in [7, 11) is 0. The zero-order chi connectivity index (χ0) is 15.9. The SMILES string of the molecule is O=C(O)c1ccc(-c2cn3cccc(C(F)(F)F)c3n2)cc1. The fourth-order valence-electron chi connectivity index (χ4n) is 2.16. The molecule has 0 bridgehead atoms. The lowest BCUT2D eigenvalue weighted by atomic mass is 10.1. The summed E-state index contributed by atoms with van der Waals surface area (Å²) in [6.45, 7) is 0. The normalized spacial score (nSPS) is 11.8. The first-order valence-electron chi connectivity index (χ1n) is 6.25. The van der Waals surface area contributed by atoms with Crippen LogP contribution in [-0.2, 0) is 6.18 Å². The van der Waals surface area contributed by atoms with Gasteiger partial charge in [-0.1, -0.05) is 12.1 Å². The van der Waals surface area contributed by atoms with Gasteiger partial charge in [0.25, 0.3) is 0 Å². The fraction of sp³-hybridized carbons (Fsp3) is 0.0667. The lowest BCUT2D eigenvalue weighted by Crippen LogP contribution is -2.07. The Labute approximate surface area is 122 Å². The number of fused-ring (bicyclic) bond motifs is 1. The van der Waals surface area contributed by atoms with Gasteiger partial charge >= 0.3 is 12.1 Å². The van der Waals surface area contributed by atoms with Crippen molar-refractivity contribution in [3.8, 4) is 11.3 Å². The van der Waals surface area contributed by atoms with Crippen molar-refractivity contribution in [3.05, 3.63) is 59.9 Å². The largest absolute Gasteiger partial charge is 0.478 e. The van der Waals surface area contributed by atoms with E-state index in [4.69, 9.17) is 5.11 Å². The summed E-state index contributed by atoms with van der Waals surface area (Å²) < 4.78 is 40.2. The van der Waals surface area contributed by atoms with Gasteiger partial charge in [0, 0.05) is 18.0 Å². The van der Waals surface area contributed by atoms with Crippen molar-refractivity contribution in [1.82, 2.24) is 9.38 Å². The zero-order valence-electron chi connectivity index (χ0n) is 11.0. The van der Waals surface area contributed by atoms with Crippen molar-refractivity contribution in [2.24, 2.45) is 0 Å². The van der Waals surface area contributed by atoms with Crippen molar-refractivity contribution in [3.63, 3.8) is 0 Å². The van der Waals surface area contributed by atoms with E-state index in [1.54, 1.807) is 0 Å². The van der Waals surface area contributed by atoms with E-state index < -0.39 is 17.7 Å². The van der Waals surface area contributed by atoms with Crippen LogP contribution in [0.4, 0.5) is 13.2 Å². The molecule has 0 spiro atoms. The minimum atomic E-state index is -4.49. The van der Waals surface area contributed by atoms with Crippen LogP contribution in [0.15, 0.2) is 48.8 Å². The van der Waals surface area contributed by atoms with Crippen molar-refractivity contribution in [2.45, 2.75) is 6.18 Å². The van der Waals surface area contributed by atoms with Gasteiger partial charge in [-0.2, -0.15) is 13.2 Å². The van der Waals surface area contributed by atoms with E-state index in [9.17, 15) is 18.0 Å². The third kappa shape index (κ3) is 2.41. The molecule has 0 amide bonds. The number of pyridine rings is 1. The van der Waals surface area contributed by atoms with Crippen LogP contribution in [-0.4, -0.2) is 20.5 Å². The highest BCUT2D eigenvalue weighted by molar-refractivity contribution is 5.88. The van der Waals surface area contributed by atoms with Crippen LogP contribution < -0.4 is 0 Å². The van der Waals surface area contributed by atoms with Gasteiger partial charge in [0.15, 0.2) is 0 Å². The minimum Gasteiger partial charge on any atom is -0.478 e. The first-order chi connectivity index (χ1) is 10.4. The quantitative estimate of drug-likeness (QED) is 0.785. The van der Waals surface area contributed by atoms with Gasteiger partial charge < -0.3 is 9.51 Å². The molecule has 4 nitrogen and oxygen atoms in total. The molecule has 22 heavy (non-hydrogen) atoms. The first kappa shape index (κ1) is 14.1. The van der Waals surface area contributed by atoms with E-state index >= 15 is 0 Å². The van der Waals surface area contributed by atoms with E-state index in [-0.39, 0.29) is 11.2 Å². The molecule has 0 radical (unpaired) electrons. The highest BCUT2D eigenvalue weighted by Crippen LogP contribution is 2.33. The number of aromatic carboxylic acids is 1. The number of carboxylic acid groups (broad SMARTS) is 1. The zero-order valence-corrected chi connectivity index (χ0v) is 11.0. The number of nitrogens with zero attached hydrogens (tertiary/aromatic N) is 2. The van der Waals surface area contributed by atoms with Crippen LogP contribution in [0.3, 0.4) is 0 Å². The Balaban J connectivity index is 2.11. The summed E-state index contributed by atoms with van der Waals surface area (Å²) in [5.41, 5.74) is -0.0188. The van der Waals surface area contributed by atoms with Gasteiger partial charge in [-0.15, -0.1) is 0 Å². The molecule has 0 unspecified atom stereocenters. The number of carbonyl (C=O) groups is 1. The molecule has 0 saturated carbocycles. The van der Waals surface area contributed by atoms with Gasteiger partial charge in [0.2, 0.25) is 0 Å². The summed E-state index contributed by atoms with van der Waals surface area (Å²) in [4.78, 5) is 14.8. The van der Waals surface area contributed by atoms with E-state index in [2.05, 4.69) is 4.98 Å². The van der Waals surface area contributed by atoms with Gasteiger partial charge in [0.1, 0.15) is 5.65 Å². The van der Waals surface area contributed by atoms with Crippen LogP contribution in [0.25, 0.3) is 16.9 Å². The van der Waals surface area contributed by atoms with Crippen LogP contribution in [0.5, 0.6) is 0 Å². The molecule has 0 aliphatic heterocycles. The number of imidazole rings is 1. The van der Waals surface area contributed by atoms with Gasteiger partial charge in [-0.25, -0.2) is 9.78 Å². The lowest BCUT2D eigenvalue weighted by Gasteiger charge is -2.06. The average molecular weight is 306 g/mol. The molecule has 3 rings (SSSR count). The molecule has 2 aromatic heterocycles. The van der Waals surface area contributed by atoms with E-state index in [0.717, 1.165) is 6.07 Å². The molecule has 0 aliphatic rings. The highest BCUT2D eigenvalue weighted by atomic mass is 19.4. The Hall–Kier alpha value is -2.83. The predicted octanol–water partition coefficient (Wildman–Crippen LogP) is 3.72. The molecule has 7 heteroatoms. The highest BCUT2D eigenvalue weighted by Gasteiger charge is 2.33. The number of alkyl halides is 3. The third-order valence-electron chi connectivity index (χ3n) is 3.22. The number of hydrogen-bond donors (Lipinski definition) is 1. The number of carboxylic acids is 1. The van der Waals surface area contributed by atoms with Crippen LogP contribution in [0.1, 0.15) is 15.9 Å². The molecule has 0 saturated heterocycles. The van der Waals surface area contributed by atoms with Crippen LogP contribution >= 0.6 is 0 Å². The minimum absolute atomic E-state index is 0.100. The summed E-state index contributed by atoms with van der Waals surface area (Å²) in [5.74, 6) is -1.07. The average Bonchev–Trinajstić information content (AvgIpc) is 2.90. The maximum absolute atomic E-state index is 13.0. The van der Waals surface area contributed by atoms with Crippen molar-refractivity contribution >= 4 is 11.6 Å². The summed E-state index contributed by atoms with van der Waals surface area (Å²) in [5, 5.41) is 8.84. The molecule has 0 aliphatic carbocycles. The van der Waals surface area contributed by atoms with Gasteiger partial charge in [0.05, 0.1) is 16.8 Å². The number of rotatable bonds is 2. The summed E-state index contributed by atoms with van der Waals surface area (Å²) in [6, 6.07) is 8.06. The molecule has 0 atom stereocenters. The second-order valence-electron chi connectivity index (χ2n) is 4.66. The number of hydrogen-bond acceptors (Lipinski definition) is 2. The van der Waals surface area contributed by atoms with Crippen molar-refractivity contribution in [2.75, 3.05) is 0 Å². The van der Waals surface area contributed by atoms with E-state index in [1.807, 2.05) is 0 Å². The smallest absolute Gasteiger partial charge is 0.419 e. The van der Waals surface area contributed by atoms with Crippen LogP contribution in [0.2, 0.25) is 0 Å². The Kier molecular flexibility index (Phi) is 3.13. The number of benzene rings is 1. The fourth-order valence-corrected chi connectivity index (χ4v) is 2.16. The summed E-state index contributed by atoms with van der Waals surface area (Å²) >= 11 is 0. The predicted molar refractivity (Wildman–Crippen MR) is 72.6 cm³/mol. The van der Waals surface area contributed by atoms with Crippen LogP contribution in [0, 0.1) is 0 Å². The second kappa shape index (κ2) is 4.87. The Morgan fingerprint density at radius 2 is 1.82 bits per heavy atom. The van der Waals surface area contributed by atoms with Crippen molar-refractivity contribution in [1.29, 1.82) is 0 Å². The standard InChI is InChI=1S/C15H9F3N2O2/c16-15(17,18)11-2-1-7-20-8-12(19-13(11)20)9-3-5-10(6-4-9)14(21)22/h1-8H,(H,21,22). The summed E-state index contributed by atoms with van der Waals surface area (Å²) in [6.07, 6.45) is -1.54. The molecule has 1 aromatic carbocycles. The number of halogens is 3. The second-order valence-corrected chi connectivity index (χ2v) is 4.66. The molecule has 3 aromatic rings. The molecule has 0 fully saturated rings. The van der Waals surface area contributed by atoms with Gasteiger partial charge in [-0.3, -0.25) is 0 Å². The van der Waals surface area contributed by atoms with E-state index in [1.165, 1.54) is 47.1 Å². The van der Waals surface area contributed by atoms with Gasteiger partial charge in [-0.05, 0) is 24.3 Å². The van der Waals surface area contributed by atoms with E-state index in [0.29, 0.717) is 11.3 Å². The van der Waals surface area contributed by atoms with Crippen molar-refractivity contribution < 1.29 is 23.1 Å². The maximum Gasteiger partial charge on any atom is 0.419 e. The Bertz CT molecular complexity index is 851. The molecular weight excluding hydrogens is 297 g/mol. The maximum atomic E-state index is 13.0. The molecular formula is C15H9F3N2O2. The monoisotopic (exact) mass is 306 g/mol. The first-order valence-corrected chi connectivity index (χ1v) is 6.25. The topological polar surface area (TPSA) is 54.6 Å². The molecule has 2 heterocycles.